The highest BCUT2D eigenvalue weighted by Crippen LogP contribution is 2.34. The second kappa shape index (κ2) is 10.9. The molecule has 0 aliphatic carbocycles. The van der Waals surface area contributed by atoms with Crippen molar-refractivity contribution >= 4 is 55.8 Å². The smallest absolute Gasteiger partial charge is 0.124 e. The molecule has 0 radical (unpaired) electrons. The van der Waals surface area contributed by atoms with Gasteiger partial charge in [-0.15, -0.1) is 34.3 Å². The van der Waals surface area contributed by atoms with Gasteiger partial charge in [0.05, 0.1) is 28.8 Å². The first-order chi connectivity index (χ1) is 17.6. The molecule has 0 amide bonds. The Morgan fingerprint density at radius 2 is 1.08 bits per heavy atom. The normalized spacial score (nSPS) is 11.0. The summed E-state index contributed by atoms with van der Waals surface area (Å²) in [6.45, 7) is 4.02. The molecule has 2 heterocycles. The van der Waals surface area contributed by atoms with E-state index in [0.717, 1.165) is 36.7 Å². The van der Waals surface area contributed by atoms with Gasteiger partial charge >= 0.3 is 0 Å². The Morgan fingerprint density at radius 1 is 0.639 bits per heavy atom. The minimum absolute atomic E-state index is 0.0638. The number of aromatic nitrogens is 2. The highest BCUT2D eigenvalue weighted by atomic mass is 35.5. The van der Waals surface area contributed by atoms with Gasteiger partial charge in [-0.25, -0.2) is 9.97 Å². The predicted molar refractivity (Wildman–Crippen MR) is 155 cm³/mol. The lowest BCUT2D eigenvalue weighted by Gasteiger charge is -2.02. The Bertz CT molecular complexity index is 1520. The zero-order chi connectivity index (χ0) is 25.1. The van der Waals surface area contributed by atoms with Gasteiger partial charge in [-0.1, -0.05) is 84.9 Å². The lowest BCUT2D eigenvalue weighted by atomic mass is 10.1. The summed E-state index contributed by atoms with van der Waals surface area (Å²) in [6, 6.07) is 29.3. The quantitative estimate of drug-likeness (QED) is 0.232. The molecule has 0 aliphatic heterocycles. The van der Waals surface area contributed by atoms with Gasteiger partial charge in [-0.3, -0.25) is 0 Å². The second-order valence-electron chi connectivity index (χ2n) is 8.40. The van der Waals surface area contributed by atoms with Crippen LogP contribution in [0.5, 0.6) is 0 Å². The van der Waals surface area contributed by atoms with Gasteiger partial charge < -0.3 is 5.11 Å². The van der Waals surface area contributed by atoms with Crippen LogP contribution in [-0.4, -0.2) is 15.1 Å². The van der Waals surface area contributed by atoms with E-state index >= 15 is 0 Å². The van der Waals surface area contributed by atoms with Gasteiger partial charge in [0.15, 0.2) is 0 Å². The molecule has 0 unspecified atom stereocenters. The van der Waals surface area contributed by atoms with Crippen LogP contribution in [0.2, 0.25) is 0 Å². The Kier molecular flexibility index (Phi) is 7.44. The Labute approximate surface area is 223 Å². The lowest BCUT2D eigenvalue weighted by molar-refractivity contribution is 0.284. The van der Waals surface area contributed by atoms with E-state index in [9.17, 15) is 5.11 Å². The average molecular weight is 529 g/mol. The molecular formula is C30H25ClN2OS2. The maximum atomic E-state index is 9.26. The first kappa shape index (κ1) is 24.6. The summed E-state index contributed by atoms with van der Waals surface area (Å²) in [5, 5.41) is 16.2. The van der Waals surface area contributed by atoms with Crippen LogP contribution >= 0.6 is 34.3 Å². The fourth-order valence-corrected chi connectivity index (χ4v) is 6.45. The molecule has 36 heavy (non-hydrogen) atoms. The van der Waals surface area contributed by atoms with Crippen molar-refractivity contribution in [2.24, 2.45) is 0 Å². The van der Waals surface area contributed by atoms with E-state index in [1.54, 1.807) is 22.7 Å². The van der Waals surface area contributed by atoms with Gasteiger partial charge in [0, 0.05) is 16.0 Å². The van der Waals surface area contributed by atoms with Crippen molar-refractivity contribution in [3.05, 3.63) is 106 Å². The maximum absolute atomic E-state index is 9.26. The molecule has 0 bridgehead atoms. The number of aliphatic hydroxyl groups is 1. The topological polar surface area (TPSA) is 46.0 Å². The van der Waals surface area contributed by atoms with Crippen molar-refractivity contribution in [2.75, 3.05) is 0 Å². The summed E-state index contributed by atoms with van der Waals surface area (Å²) in [6.07, 6.45) is 0. The number of fused-ring (bicyclic) bond motifs is 2. The van der Waals surface area contributed by atoms with E-state index in [-0.39, 0.29) is 6.61 Å². The number of rotatable bonds is 4. The number of aryl methyl sites for hydroxylation is 2. The van der Waals surface area contributed by atoms with Crippen molar-refractivity contribution in [3.63, 3.8) is 0 Å². The first-order valence-electron chi connectivity index (χ1n) is 11.6. The van der Waals surface area contributed by atoms with Crippen molar-refractivity contribution in [1.29, 1.82) is 0 Å². The molecule has 4 aromatic carbocycles. The molecular weight excluding hydrogens is 504 g/mol. The highest BCUT2D eigenvalue weighted by molar-refractivity contribution is 7.15. The molecule has 0 saturated carbocycles. The minimum atomic E-state index is 0.0638. The molecule has 6 heteroatoms. The molecule has 6 aromatic rings. The summed E-state index contributed by atoms with van der Waals surface area (Å²) in [4.78, 5) is 11.3. The number of hydrogen-bond acceptors (Lipinski definition) is 5. The molecule has 0 saturated heterocycles. The van der Waals surface area contributed by atoms with Crippen molar-refractivity contribution in [1.82, 2.24) is 9.97 Å². The predicted octanol–water partition coefficient (Wildman–Crippen LogP) is 8.77. The van der Waals surface area contributed by atoms with E-state index in [2.05, 4.69) is 76.7 Å². The minimum Gasteiger partial charge on any atom is -0.391 e. The van der Waals surface area contributed by atoms with Crippen molar-refractivity contribution in [3.8, 4) is 21.1 Å². The molecule has 2 aromatic heterocycles. The Morgan fingerprint density at radius 3 is 1.53 bits per heavy atom. The molecule has 0 aliphatic rings. The van der Waals surface area contributed by atoms with Crippen LogP contribution in [0.4, 0.5) is 0 Å². The third kappa shape index (κ3) is 4.93. The van der Waals surface area contributed by atoms with Gasteiger partial charge in [0.1, 0.15) is 10.0 Å². The Hall–Kier alpha value is -3.09. The zero-order valence-corrected chi connectivity index (χ0v) is 22.4. The monoisotopic (exact) mass is 528 g/mol. The molecule has 0 fully saturated rings. The number of nitrogens with zero attached hydrogens (tertiary/aromatic N) is 2. The number of benzene rings is 4. The summed E-state index contributed by atoms with van der Waals surface area (Å²) in [5.41, 5.74) is 4.29. The van der Waals surface area contributed by atoms with Gasteiger partial charge in [0.25, 0.3) is 0 Å². The second-order valence-corrected chi connectivity index (χ2v) is 10.8. The molecule has 0 atom stereocenters. The largest absolute Gasteiger partial charge is 0.391 e. The number of alkyl halides is 1. The van der Waals surface area contributed by atoms with E-state index in [1.807, 2.05) is 32.0 Å². The van der Waals surface area contributed by atoms with Gasteiger partial charge in [-0.05, 0) is 35.4 Å². The third-order valence-electron chi connectivity index (χ3n) is 6.09. The average Bonchev–Trinajstić information content (AvgIpc) is 3.49. The summed E-state index contributed by atoms with van der Waals surface area (Å²) >= 11 is 9.17. The van der Waals surface area contributed by atoms with Crippen molar-refractivity contribution < 1.29 is 5.11 Å². The summed E-state index contributed by atoms with van der Waals surface area (Å²) in [5.74, 6) is 0.536. The van der Waals surface area contributed by atoms with Gasteiger partial charge in [0.2, 0.25) is 0 Å². The van der Waals surface area contributed by atoms with Crippen LogP contribution in [0.15, 0.2) is 84.9 Å². The van der Waals surface area contributed by atoms with Crippen LogP contribution in [0.25, 0.3) is 42.7 Å². The van der Waals surface area contributed by atoms with Crippen molar-refractivity contribution in [2.45, 2.75) is 26.3 Å². The molecule has 180 valence electrons. The first-order valence-corrected chi connectivity index (χ1v) is 13.8. The van der Waals surface area contributed by atoms with Crippen LogP contribution < -0.4 is 0 Å². The molecule has 3 nitrogen and oxygen atoms in total. The molecule has 1 N–H and O–H groups in total. The van der Waals surface area contributed by atoms with Crippen LogP contribution in [0, 0.1) is 13.8 Å². The fraction of sp³-hybridized carbons (Fsp3) is 0.133. The van der Waals surface area contributed by atoms with E-state index in [1.165, 1.54) is 27.1 Å². The number of hydrogen-bond donors (Lipinski definition) is 1. The standard InChI is InChI=1S/C15H12ClNS.C15H13NOS/c1-10-14(9-16)18-15(17-10)13-8-4-6-11-5-2-3-7-12(11)13;1-10-14(9-17)18-15(16-10)13-8-4-6-11-5-2-3-7-12(11)13/h2-8H,9H2,1H3;2-8,17H,9H2,1H3. The SMILES string of the molecule is Cc1nc(-c2cccc3ccccc23)sc1CCl.Cc1nc(-c2cccc3ccccc23)sc1CO. The molecule has 0 spiro atoms. The maximum Gasteiger partial charge on any atom is 0.124 e. The number of aliphatic hydroxyl groups excluding tert-OH is 1. The van der Waals surface area contributed by atoms with Crippen LogP contribution in [0.3, 0.4) is 0 Å². The lowest BCUT2D eigenvalue weighted by Crippen LogP contribution is -1.81. The van der Waals surface area contributed by atoms with E-state index in [4.69, 9.17) is 11.6 Å². The van der Waals surface area contributed by atoms with Gasteiger partial charge in [-0.2, -0.15) is 0 Å². The molecule has 6 rings (SSSR count). The van der Waals surface area contributed by atoms with Crippen LogP contribution in [0.1, 0.15) is 21.1 Å². The zero-order valence-electron chi connectivity index (χ0n) is 20.0. The van der Waals surface area contributed by atoms with E-state index < -0.39 is 0 Å². The fourth-order valence-electron chi connectivity index (χ4n) is 4.18. The third-order valence-corrected chi connectivity index (χ3v) is 8.88. The summed E-state index contributed by atoms with van der Waals surface area (Å²) in [7, 11) is 0. The highest BCUT2D eigenvalue weighted by Gasteiger charge is 2.12. The number of thiazole rings is 2. The van der Waals surface area contributed by atoms with E-state index in [0.29, 0.717) is 5.88 Å². The number of halogens is 1. The van der Waals surface area contributed by atoms with Crippen LogP contribution in [-0.2, 0) is 12.5 Å². The Balaban J connectivity index is 0.000000148. The summed E-state index contributed by atoms with van der Waals surface area (Å²) < 4.78 is 0.